The summed E-state index contributed by atoms with van der Waals surface area (Å²) in [5.74, 6) is 1.44. The Morgan fingerprint density at radius 1 is 1.00 bits per heavy atom. The van der Waals surface area contributed by atoms with Gasteiger partial charge in [0.1, 0.15) is 0 Å². The van der Waals surface area contributed by atoms with Crippen molar-refractivity contribution in [3.05, 3.63) is 65.0 Å². The largest absolute Gasteiger partial charge is 0.493 e. The molecule has 0 bridgehead atoms. The molecule has 3 aromatic rings. The van der Waals surface area contributed by atoms with Crippen LogP contribution in [-0.2, 0) is 0 Å². The molecule has 1 N–H and O–H groups in total. The summed E-state index contributed by atoms with van der Waals surface area (Å²) in [5.41, 5.74) is 2.35. The lowest BCUT2D eigenvalue weighted by molar-refractivity contribution is 0.201. The van der Waals surface area contributed by atoms with Crippen molar-refractivity contribution in [1.29, 1.82) is 0 Å². The Kier molecular flexibility index (Phi) is 4.52. The molecule has 0 spiro atoms. The number of ether oxygens (including phenoxy) is 2. The van der Waals surface area contributed by atoms with E-state index in [2.05, 4.69) is 5.10 Å². The van der Waals surface area contributed by atoms with Gasteiger partial charge in [-0.05, 0) is 56.0 Å². The second-order valence-corrected chi connectivity index (χ2v) is 6.57. The van der Waals surface area contributed by atoms with Gasteiger partial charge in [0.05, 0.1) is 24.6 Å². The van der Waals surface area contributed by atoms with Gasteiger partial charge in [-0.15, -0.1) is 0 Å². The molecule has 1 aliphatic rings. The molecule has 0 radical (unpaired) electrons. The second kappa shape index (κ2) is 7.12. The van der Waals surface area contributed by atoms with E-state index in [4.69, 9.17) is 9.47 Å². The van der Waals surface area contributed by atoms with E-state index in [0.29, 0.717) is 5.75 Å². The van der Waals surface area contributed by atoms with Crippen LogP contribution in [0, 0.1) is 0 Å². The normalized spacial score (nSPS) is 14.5. The molecule has 1 aromatic heterocycles. The molecular weight excluding hydrogens is 328 g/mol. The number of hydrogen-bond donors (Lipinski definition) is 1. The number of aromatic amines is 1. The lowest BCUT2D eigenvalue weighted by Crippen LogP contribution is -2.12. The van der Waals surface area contributed by atoms with Crippen LogP contribution in [0.5, 0.6) is 11.5 Å². The highest BCUT2D eigenvalue weighted by Gasteiger charge is 2.19. The summed E-state index contributed by atoms with van der Waals surface area (Å²) in [5, 5.41) is 3.18. The number of nitrogens with zero attached hydrogens (tertiary/aromatic N) is 1. The first kappa shape index (κ1) is 16.5. The SMILES string of the molecule is COc1ccc(-c2cc(=O)n(-c3ccccc3)[nH]2)cc1OC1CCCC1. The van der Waals surface area contributed by atoms with Crippen LogP contribution in [0.4, 0.5) is 0 Å². The summed E-state index contributed by atoms with van der Waals surface area (Å²) in [4.78, 5) is 12.4. The van der Waals surface area contributed by atoms with Crippen molar-refractivity contribution < 1.29 is 9.47 Å². The minimum absolute atomic E-state index is 0.0970. The van der Waals surface area contributed by atoms with Gasteiger partial charge in [-0.2, -0.15) is 0 Å². The third-order valence-electron chi connectivity index (χ3n) is 4.81. The van der Waals surface area contributed by atoms with Crippen molar-refractivity contribution in [2.75, 3.05) is 7.11 Å². The molecule has 0 amide bonds. The van der Waals surface area contributed by atoms with Crippen LogP contribution in [0.1, 0.15) is 25.7 Å². The summed E-state index contributed by atoms with van der Waals surface area (Å²) in [6.07, 6.45) is 4.82. The van der Waals surface area contributed by atoms with Crippen molar-refractivity contribution in [3.63, 3.8) is 0 Å². The molecular formula is C21H22N2O3. The maximum absolute atomic E-state index is 12.4. The van der Waals surface area contributed by atoms with Gasteiger partial charge in [-0.3, -0.25) is 9.89 Å². The van der Waals surface area contributed by atoms with Crippen LogP contribution in [0.2, 0.25) is 0 Å². The Bertz CT molecular complexity index is 937. The van der Waals surface area contributed by atoms with Gasteiger partial charge in [-0.25, -0.2) is 4.68 Å². The fraction of sp³-hybridized carbons (Fsp3) is 0.286. The highest BCUT2D eigenvalue weighted by Crippen LogP contribution is 2.34. The van der Waals surface area contributed by atoms with Crippen LogP contribution in [0.15, 0.2) is 59.4 Å². The van der Waals surface area contributed by atoms with E-state index in [1.165, 1.54) is 17.5 Å². The average molecular weight is 350 g/mol. The number of hydrogen-bond acceptors (Lipinski definition) is 3. The quantitative estimate of drug-likeness (QED) is 0.752. The molecule has 5 heteroatoms. The zero-order chi connectivity index (χ0) is 17.9. The number of H-pyrrole nitrogens is 1. The molecule has 1 saturated carbocycles. The van der Waals surface area contributed by atoms with Gasteiger partial charge in [0, 0.05) is 11.6 Å². The molecule has 26 heavy (non-hydrogen) atoms. The van der Waals surface area contributed by atoms with Crippen LogP contribution < -0.4 is 15.0 Å². The van der Waals surface area contributed by atoms with E-state index in [9.17, 15) is 4.79 Å². The number of benzene rings is 2. The number of rotatable bonds is 5. The molecule has 0 aliphatic heterocycles. The van der Waals surface area contributed by atoms with Gasteiger partial charge < -0.3 is 9.47 Å². The van der Waals surface area contributed by atoms with E-state index in [-0.39, 0.29) is 11.7 Å². The van der Waals surface area contributed by atoms with Gasteiger partial charge in [0.2, 0.25) is 0 Å². The molecule has 0 saturated heterocycles. The van der Waals surface area contributed by atoms with Crippen molar-refractivity contribution in [2.45, 2.75) is 31.8 Å². The van der Waals surface area contributed by atoms with Gasteiger partial charge >= 0.3 is 0 Å². The maximum Gasteiger partial charge on any atom is 0.271 e. The Labute approximate surface area is 152 Å². The summed E-state index contributed by atoms with van der Waals surface area (Å²) in [6.45, 7) is 0. The topological polar surface area (TPSA) is 56.2 Å². The number of para-hydroxylation sites is 1. The predicted molar refractivity (Wildman–Crippen MR) is 101 cm³/mol. The monoisotopic (exact) mass is 350 g/mol. The molecule has 0 unspecified atom stereocenters. The van der Waals surface area contributed by atoms with E-state index < -0.39 is 0 Å². The number of methoxy groups -OCH3 is 1. The molecule has 1 aliphatic carbocycles. The third kappa shape index (κ3) is 3.25. The molecule has 5 nitrogen and oxygen atoms in total. The first-order valence-corrected chi connectivity index (χ1v) is 8.97. The highest BCUT2D eigenvalue weighted by atomic mass is 16.5. The Balaban J connectivity index is 1.68. The summed E-state index contributed by atoms with van der Waals surface area (Å²) >= 11 is 0. The fourth-order valence-electron chi connectivity index (χ4n) is 3.43. The van der Waals surface area contributed by atoms with Crippen LogP contribution in [0.25, 0.3) is 16.9 Å². The molecule has 134 valence electrons. The maximum atomic E-state index is 12.4. The van der Waals surface area contributed by atoms with Crippen molar-refractivity contribution in [3.8, 4) is 28.4 Å². The molecule has 4 rings (SSSR count). The number of aromatic nitrogens is 2. The summed E-state index contributed by atoms with van der Waals surface area (Å²) in [6, 6.07) is 16.9. The number of nitrogens with one attached hydrogen (secondary N) is 1. The predicted octanol–water partition coefficient (Wildman–Crippen LogP) is 4.16. The minimum Gasteiger partial charge on any atom is -0.493 e. The lowest BCUT2D eigenvalue weighted by Gasteiger charge is -2.16. The summed E-state index contributed by atoms with van der Waals surface area (Å²) in [7, 11) is 1.64. The van der Waals surface area contributed by atoms with Crippen LogP contribution in [-0.4, -0.2) is 23.0 Å². The van der Waals surface area contributed by atoms with Gasteiger partial charge in [0.15, 0.2) is 11.5 Å². The van der Waals surface area contributed by atoms with Crippen molar-refractivity contribution in [1.82, 2.24) is 9.78 Å². The Morgan fingerprint density at radius 3 is 2.50 bits per heavy atom. The second-order valence-electron chi connectivity index (χ2n) is 6.57. The molecule has 2 aromatic carbocycles. The van der Waals surface area contributed by atoms with Crippen molar-refractivity contribution in [2.24, 2.45) is 0 Å². The molecule has 1 heterocycles. The van der Waals surface area contributed by atoms with Crippen LogP contribution in [0.3, 0.4) is 0 Å². The van der Waals surface area contributed by atoms with E-state index in [1.807, 2.05) is 48.5 Å². The first-order chi connectivity index (χ1) is 12.7. The third-order valence-corrected chi connectivity index (χ3v) is 4.81. The standard InChI is InChI=1S/C21H22N2O3/c1-25-19-12-11-15(13-20(19)26-17-9-5-6-10-17)18-14-21(24)23(22-18)16-7-3-2-4-8-16/h2-4,7-8,11-14,17,22H,5-6,9-10H2,1H3. The smallest absolute Gasteiger partial charge is 0.271 e. The molecule has 0 atom stereocenters. The van der Waals surface area contributed by atoms with E-state index in [1.54, 1.807) is 13.2 Å². The highest BCUT2D eigenvalue weighted by molar-refractivity contribution is 5.64. The van der Waals surface area contributed by atoms with Crippen LogP contribution >= 0.6 is 0 Å². The van der Waals surface area contributed by atoms with E-state index in [0.717, 1.165) is 35.5 Å². The Morgan fingerprint density at radius 2 is 1.77 bits per heavy atom. The van der Waals surface area contributed by atoms with E-state index >= 15 is 0 Å². The zero-order valence-electron chi connectivity index (χ0n) is 14.8. The first-order valence-electron chi connectivity index (χ1n) is 8.97. The van der Waals surface area contributed by atoms with Gasteiger partial charge in [-0.1, -0.05) is 18.2 Å². The summed E-state index contributed by atoms with van der Waals surface area (Å²) < 4.78 is 13.1. The molecule has 1 fully saturated rings. The fourth-order valence-corrected chi connectivity index (χ4v) is 3.43. The zero-order valence-corrected chi connectivity index (χ0v) is 14.8. The average Bonchev–Trinajstić information content (AvgIpc) is 3.32. The lowest BCUT2D eigenvalue weighted by atomic mass is 10.1. The Hall–Kier alpha value is -2.95. The minimum atomic E-state index is -0.0970. The van der Waals surface area contributed by atoms with Gasteiger partial charge in [0.25, 0.3) is 5.56 Å². The van der Waals surface area contributed by atoms with Crippen molar-refractivity contribution >= 4 is 0 Å².